The van der Waals surface area contributed by atoms with Gasteiger partial charge < -0.3 is 22.9 Å². The number of pyridine rings is 2. The van der Waals surface area contributed by atoms with Gasteiger partial charge in [-0.3, -0.25) is 0 Å². The van der Waals surface area contributed by atoms with E-state index in [2.05, 4.69) is 9.97 Å². The van der Waals surface area contributed by atoms with Gasteiger partial charge in [0.25, 0.3) is 0 Å². The highest BCUT2D eigenvalue weighted by molar-refractivity contribution is 5.69. The second kappa shape index (κ2) is 3.58. The fourth-order valence-electron chi connectivity index (χ4n) is 1.26. The largest absolute Gasteiger partial charge is 0.396 e. The molecule has 6 nitrogen and oxygen atoms in total. The number of nitrogen functional groups attached to an aromatic ring is 4. The molecular formula is C10H12N6. The van der Waals surface area contributed by atoms with E-state index in [4.69, 9.17) is 22.9 Å². The molecule has 2 aromatic heterocycles. The van der Waals surface area contributed by atoms with Crippen molar-refractivity contribution in [1.82, 2.24) is 9.97 Å². The maximum Gasteiger partial charge on any atom is 0.147 e. The van der Waals surface area contributed by atoms with E-state index in [-0.39, 0.29) is 11.6 Å². The van der Waals surface area contributed by atoms with Crippen LogP contribution in [-0.2, 0) is 0 Å². The fraction of sp³-hybridized carbons (Fsp3) is 0. The third-order valence-electron chi connectivity index (χ3n) is 2.18. The van der Waals surface area contributed by atoms with Crippen molar-refractivity contribution >= 4 is 23.0 Å². The van der Waals surface area contributed by atoms with E-state index in [1.807, 2.05) is 0 Å². The molecule has 2 rings (SSSR count). The summed E-state index contributed by atoms with van der Waals surface area (Å²) in [5.41, 5.74) is 24.4. The highest BCUT2D eigenvalue weighted by Crippen LogP contribution is 2.22. The van der Waals surface area contributed by atoms with Crippen molar-refractivity contribution in [3.63, 3.8) is 0 Å². The van der Waals surface area contributed by atoms with E-state index in [1.165, 1.54) is 0 Å². The van der Waals surface area contributed by atoms with Crippen LogP contribution < -0.4 is 22.9 Å². The average molecular weight is 216 g/mol. The van der Waals surface area contributed by atoms with Crippen LogP contribution in [-0.4, -0.2) is 9.97 Å². The van der Waals surface area contributed by atoms with Gasteiger partial charge in [-0.05, 0) is 24.3 Å². The molecule has 0 unspecified atom stereocenters. The van der Waals surface area contributed by atoms with E-state index in [1.54, 1.807) is 24.3 Å². The summed E-state index contributed by atoms with van der Waals surface area (Å²) in [6, 6.07) is 6.80. The Morgan fingerprint density at radius 3 is 1.31 bits per heavy atom. The van der Waals surface area contributed by atoms with E-state index >= 15 is 0 Å². The maximum atomic E-state index is 5.61. The zero-order chi connectivity index (χ0) is 11.7. The summed E-state index contributed by atoms with van der Waals surface area (Å²) in [6.07, 6.45) is 0. The van der Waals surface area contributed by atoms with Gasteiger partial charge in [0.05, 0.1) is 22.8 Å². The summed E-state index contributed by atoms with van der Waals surface area (Å²) in [4.78, 5) is 8.22. The zero-order valence-corrected chi connectivity index (χ0v) is 8.51. The first-order valence-corrected chi connectivity index (χ1v) is 4.62. The van der Waals surface area contributed by atoms with Gasteiger partial charge in [-0.15, -0.1) is 0 Å². The molecule has 0 saturated heterocycles. The predicted molar refractivity (Wildman–Crippen MR) is 65.1 cm³/mol. The summed E-state index contributed by atoms with van der Waals surface area (Å²) in [5, 5.41) is 0. The van der Waals surface area contributed by atoms with Crippen molar-refractivity contribution in [2.75, 3.05) is 22.9 Å². The fourth-order valence-corrected chi connectivity index (χ4v) is 1.26. The molecule has 0 spiro atoms. The molecule has 6 heteroatoms. The predicted octanol–water partition coefficient (Wildman–Crippen LogP) is 0.472. The Kier molecular flexibility index (Phi) is 2.24. The number of hydrogen-bond acceptors (Lipinski definition) is 6. The first-order chi connectivity index (χ1) is 7.58. The minimum Gasteiger partial charge on any atom is -0.396 e. The Labute approximate surface area is 92.3 Å². The highest BCUT2D eigenvalue weighted by atomic mass is 14.9. The maximum absolute atomic E-state index is 5.61. The Morgan fingerprint density at radius 1 is 0.625 bits per heavy atom. The van der Waals surface area contributed by atoms with Crippen molar-refractivity contribution in [1.29, 1.82) is 0 Å². The van der Waals surface area contributed by atoms with E-state index in [0.717, 1.165) is 0 Å². The van der Waals surface area contributed by atoms with E-state index in [9.17, 15) is 0 Å². The standard InChI is InChI=1S/C10H12N6/c11-5-1-3-7(15-9(5)13)8-4-2-6(12)10(14)16-8/h1-4H,11-12H2,(H2,13,15)(H2,14,16). The molecule has 0 aromatic carbocycles. The number of nitrogens with two attached hydrogens (primary N) is 4. The normalized spacial score (nSPS) is 10.2. The lowest BCUT2D eigenvalue weighted by Gasteiger charge is -2.05. The van der Waals surface area contributed by atoms with Crippen molar-refractivity contribution in [2.24, 2.45) is 0 Å². The molecule has 0 amide bonds. The molecule has 16 heavy (non-hydrogen) atoms. The van der Waals surface area contributed by atoms with E-state index in [0.29, 0.717) is 22.8 Å². The minimum atomic E-state index is 0.273. The summed E-state index contributed by atoms with van der Waals surface area (Å²) in [7, 11) is 0. The molecule has 0 aliphatic rings. The molecule has 2 aromatic rings. The summed E-state index contributed by atoms with van der Waals surface area (Å²) < 4.78 is 0. The second-order valence-corrected chi connectivity index (χ2v) is 3.34. The van der Waals surface area contributed by atoms with Gasteiger partial charge in [0.1, 0.15) is 11.6 Å². The molecule has 0 aliphatic heterocycles. The molecule has 2 heterocycles. The Morgan fingerprint density at radius 2 is 1.00 bits per heavy atom. The van der Waals surface area contributed by atoms with Gasteiger partial charge in [-0.25, -0.2) is 9.97 Å². The van der Waals surface area contributed by atoms with Crippen LogP contribution in [0.4, 0.5) is 23.0 Å². The van der Waals surface area contributed by atoms with Crippen molar-refractivity contribution < 1.29 is 0 Å². The Hall–Kier alpha value is -2.50. The van der Waals surface area contributed by atoms with Crippen LogP contribution in [0.3, 0.4) is 0 Å². The van der Waals surface area contributed by atoms with E-state index < -0.39 is 0 Å². The average Bonchev–Trinajstić information content (AvgIpc) is 2.26. The number of anilines is 4. The van der Waals surface area contributed by atoms with Crippen LogP contribution in [0.2, 0.25) is 0 Å². The zero-order valence-electron chi connectivity index (χ0n) is 8.51. The number of nitrogens with zero attached hydrogens (tertiary/aromatic N) is 2. The third kappa shape index (κ3) is 1.68. The van der Waals surface area contributed by atoms with Gasteiger partial charge >= 0.3 is 0 Å². The Bertz CT molecular complexity index is 487. The van der Waals surface area contributed by atoms with Gasteiger partial charge in [-0.1, -0.05) is 0 Å². The van der Waals surface area contributed by atoms with Gasteiger partial charge in [0.15, 0.2) is 0 Å². The lowest BCUT2D eigenvalue weighted by molar-refractivity contribution is 1.26. The quantitative estimate of drug-likeness (QED) is 0.548. The lowest BCUT2D eigenvalue weighted by Crippen LogP contribution is -2.01. The number of hydrogen-bond donors (Lipinski definition) is 4. The molecule has 0 atom stereocenters. The first-order valence-electron chi connectivity index (χ1n) is 4.62. The number of aromatic nitrogens is 2. The minimum absolute atomic E-state index is 0.273. The summed E-state index contributed by atoms with van der Waals surface area (Å²) >= 11 is 0. The molecular weight excluding hydrogens is 204 g/mol. The van der Waals surface area contributed by atoms with Gasteiger partial charge in [-0.2, -0.15) is 0 Å². The lowest BCUT2D eigenvalue weighted by atomic mass is 10.2. The van der Waals surface area contributed by atoms with Gasteiger partial charge in [0.2, 0.25) is 0 Å². The molecule has 0 saturated carbocycles. The van der Waals surface area contributed by atoms with Crippen molar-refractivity contribution in [3.8, 4) is 11.4 Å². The van der Waals surface area contributed by atoms with Crippen LogP contribution in [0.5, 0.6) is 0 Å². The topological polar surface area (TPSA) is 130 Å². The molecule has 0 fully saturated rings. The molecule has 82 valence electrons. The summed E-state index contributed by atoms with van der Waals surface area (Å²) in [6.45, 7) is 0. The second-order valence-electron chi connectivity index (χ2n) is 3.34. The SMILES string of the molecule is Nc1ccc(-c2ccc(N)c(N)n2)nc1N. The third-order valence-corrected chi connectivity index (χ3v) is 2.18. The smallest absolute Gasteiger partial charge is 0.147 e. The summed E-state index contributed by atoms with van der Waals surface area (Å²) in [5.74, 6) is 0.546. The Balaban J connectivity index is 2.50. The van der Waals surface area contributed by atoms with Gasteiger partial charge in [0, 0.05) is 0 Å². The molecule has 8 N–H and O–H groups in total. The molecule has 0 bridgehead atoms. The molecule has 0 radical (unpaired) electrons. The van der Waals surface area contributed by atoms with Crippen molar-refractivity contribution in [3.05, 3.63) is 24.3 Å². The van der Waals surface area contributed by atoms with Crippen LogP contribution in [0.25, 0.3) is 11.4 Å². The first kappa shape index (κ1) is 10.0. The van der Waals surface area contributed by atoms with Crippen LogP contribution in [0, 0.1) is 0 Å². The monoisotopic (exact) mass is 216 g/mol. The number of rotatable bonds is 1. The van der Waals surface area contributed by atoms with Crippen LogP contribution in [0.1, 0.15) is 0 Å². The van der Waals surface area contributed by atoms with Crippen LogP contribution >= 0.6 is 0 Å². The highest BCUT2D eigenvalue weighted by Gasteiger charge is 2.05. The van der Waals surface area contributed by atoms with Crippen LogP contribution in [0.15, 0.2) is 24.3 Å². The molecule has 0 aliphatic carbocycles. The van der Waals surface area contributed by atoms with Crippen molar-refractivity contribution in [2.45, 2.75) is 0 Å².